The first-order chi connectivity index (χ1) is 34.0. The van der Waals surface area contributed by atoms with Crippen molar-refractivity contribution in [3.8, 4) is 0 Å². The maximum absolute atomic E-state index is 12.8. The lowest BCUT2D eigenvalue weighted by Gasteiger charge is -2.18. The standard InChI is InChI=1S/C63H106O6/c1-4-7-10-13-16-19-22-25-28-31-33-35-38-41-44-47-50-53-56-62(65)68-59-60(58-67-61(64)55-52-49-46-43-40-37-34-30-27-24-21-18-15-12-9-6-3)69-63(66)57-54-51-48-45-42-39-36-32-29-26-23-20-17-14-11-8-5-2/h17,20,22,25-26,28-31,33-36,39,45,48,60H,4-16,18-19,21,23-24,27,32,37-38,40-44,46-47,49-59H2,1-3H3/b20-17-,25-22-,29-26-,31-28-,34-30-,35-33-,39-36-,48-45-. The maximum atomic E-state index is 12.8. The third-order valence-electron chi connectivity index (χ3n) is 12.1. The fourth-order valence-corrected chi connectivity index (χ4v) is 7.72. The molecule has 69 heavy (non-hydrogen) atoms. The molecule has 0 aromatic carbocycles. The van der Waals surface area contributed by atoms with Crippen molar-refractivity contribution in [1.29, 1.82) is 0 Å². The molecule has 0 amide bonds. The molecule has 0 heterocycles. The van der Waals surface area contributed by atoms with E-state index in [0.717, 1.165) is 103 Å². The Morgan fingerprint density at radius 3 is 1.01 bits per heavy atom. The Bertz CT molecular complexity index is 1380. The molecule has 0 fully saturated rings. The normalized spacial score (nSPS) is 12.8. The molecule has 0 saturated heterocycles. The Hall–Kier alpha value is -3.67. The first-order valence-corrected chi connectivity index (χ1v) is 28.8. The van der Waals surface area contributed by atoms with Crippen molar-refractivity contribution in [1.82, 2.24) is 0 Å². The van der Waals surface area contributed by atoms with E-state index in [4.69, 9.17) is 14.2 Å². The minimum atomic E-state index is -0.819. The first kappa shape index (κ1) is 65.3. The quantitative estimate of drug-likeness (QED) is 0.0199. The van der Waals surface area contributed by atoms with Crippen LogP contribution in [-0.4, -0.2) is 37.2 Å². The predicted octanol–water partition coefficient (Wildman–Crippen LogP) is 19.3. The molecule has 0 N–H and O–H groups in total. The molecule has 6 nitrogen and oxygen atoms in total. The molecule has 0 aliphatic heterocycles. The molecule has 394 valence electrons. The fourth-order valence-electron chi connectivity index (χ4n) is 7.72. The predicted molar refractivity (Wildman–Crippen MR) is 297 cm³/mol. The molecule has 0 aliphatic rings. The van der Waals surface area contributed by atoms with Gasteiger partial charge in [0.1, 0.15) is 13.2 Å². The van der Waals surface area contributed by atoms with Crippen molar-refractivity contribution >= 4 is 17.9 Å². The summed E-state index contributed by atoms with van der Waals surface area (Å²) >= 11 is 0. The average molecular weight is 960 g/mol. The fraction of sp³-hybridized carbons (Fsp3) is 0.698. The summed E-state index contributed by atoms with van der Waals surface area (Å²) in [4.78, 5) is 38.1. The molecule has 0 aliphatic carbocycles. The van der Waals surface area contributed by atoms with Gasteiger partial charge in [-0.1, -0.05) is 234 Å². The van der Waals surface area contributed by atoms with Crippen molar-refractivity contribution in [3.05, 3.63) is 97.2 Å². The van der Waals surface area contributed by atoms with E-state index in [1.54, 1.807) is 0 Å². The largest absolute Gasteiger partial charge is 0.462 e. The van der Waals surface area contributed by atoms with Crippen molar-refractivity contribution < 1.29 is 28.6 Å². The molecule has 0 aromatic heterocycles. The van der Waals surface area contributed by atoms with Gasteiger partial charge in [0.15, 0.2) is 6.10 Å². The lowest BCUT2D eigenvalue weighted by Crippen LogP contribution is -2.30. The van der Waals surface area contributed by atoms with Gasteiger partial charge in [0.25, 0.3) is 0 Å². The number of esters is 3. The lowest BCUT2D eigenvalue weighted by atomic mass is 10.1. The van der Waals surface area contributed by atoms with Gasteiger partial charge < -0.3 is 14.2 Å². The number of hydrogen-bond donors (Lipinski definition) is 0. The average Bonchev–Trinajstić information content (AvgIpc) is 3.35. The molecule has 0 bridgehead atoms. The van der Waals surface area contributed by atoms with Crippen molar-refractivity contribution in [2.24, 2.45) is 0 Å². The summed E-state index contributed by atoms with van der Waals surface area (Å²) < 4.78 is 16.8. The third-order valence-corrected chi connectivity index (χ3v) is 12.1. The second-order valence-electron chi connectivity index (χ2n) is 18.9. The van der Waals surface area contributed by atoms with Gasteiger partial charge in [-0.25, -0.2) is 0 Å². The summed E-state index contributed by atoms with van der Waals surface area (Å²) in [5.41, 5.74) is 0. The zero-order valence-electron chi connectivity index (χ0n) is 45.0. The van der Waals surface area contributed by atoms with Gasteiger partial charge in [0.2, 0.25) is 0 Å². The highest BCUT2D eigenvalue weighted by Crippen LogP contribution is 2.13. The zero-order chi connectivity index (χ0) is 50.0. The minimum Gasteiger partial charge on any atom is -0.462 e. The molecule has 0 saturated carbocycles. The number of rotatable bonds is 51. The van der Waals surface area contributed by atoms with Crippen LogP contribution in [0.1, 0.15) is 265 Å². The van der Waals surface area contributed by atoms with Crippen LogP contribution in [0.25, 0.3) is 0 Å². The van der Waals surface area contributed by atoms with Crippen molar-refractivity contribution in [2.45, 2.75) is 271 Å². The minimum absolute atomic E-state index is 0.111. The molecule has 0 rings (SSSR count). The van der Waals surface area contributed by atoms with Gasteiger partial charge in [0.05, 0.1) is 0 Å². The molecular formula is C63H106O6. The monoisotopic (exact) mass is 959 g/mol. The maximum Gasteiger partial charge on any atom is 0.306 e. The Labute approximate surface area is 426 Å². The van der Waals surface area contributed by atoms with Gasteiger partial charge in [-0.3, -0.25) is 14.4 Å². The SMILES string of the molecule is CCCCC/C=C\C/C=C\C/C=C\C/C=C\CCCC(=O)OC(COC(=O)CCCCCCC\C=C/C=C\C=C/CCCCCCC)COC(=O)CCCCCCC/C=C\CCCCCCCCC. The summed E-state index contributed by atoms with van der Waals surface area (Å²) in [6.07, 6.45) is 75.4. The highest BCUT2D eigenvalue weighted by Gasteiger charge is 2.19. The Balaban J connectivity index is 4.53. The van der Waals surface area contributed by atoms with Crippen LogP contribution in [0.4, 0.5) is 0 Å². The summed E-state index contributed by atoms with van der Waals surface area (Å²) in [6.45, 7) is 6.53. The molecule has 6 heteroatoms. The molecule has 0 radical (unpaired) electrons. The van der Waals surface area contributed by atoms with Crippen LogP contribution in [0.3, 0.4) is 0 Å². The van der Waals surface area contributed by atoms with Crippen LogP contribution in [0.2, 0.25) is 0 Å². The highest BCUT2D eigenvalue weighted by molar-refractivity contribution is 5.71. The van der Waals surface area contributed by atoms with E-state index in [2.05, 4.69) is 118 Å². The summed E-state index contributed by atoms with van der Waals surface area (Å²) in [5.74, 6) is -0.993. The summed E-state index contributed by atoms with van der Waals surface area (Å²) in [5, 5.41) is 0. The summed E-state index contributed by atoms with van der Waals surface area (Å²) in [6, 6.07) is 0. The van der Waals surface area contributed by atoms with E-state index < -0.39 is 6.10 Å². The number of unbranched alkanes of at least 4 members (excludes halogenated alkanes) is 26. The zero-order valence-corrected chi connectivity index (χ0v) is 45.0. The molecular weight excluding hydrogens is 853 g/mol. The van der Waals surface area contributed by atoms with E-state index in [0.29, 0.717) is 19.3 Å². The number of hydrogen-bond acceptors (Lipinski definition) is 6. The van der Waals surface area contributed by atoms with Gasteiger partial charge in [-0.15, -0.1) is 0 Å². The Morgan fingerprint density at radius 2 is 0.594 bits per heavy atom. The number of allylic oxidation sites excluding steroid dienone is 16. The Kier molecular flexibility index (Phi) is 53.9. The van der Waals surface area contributed by atoms with Crippen LogP contribution in [0.15, 0.2) is 97.2 Å². The molecule has 1 atom stereocenters. The van der Waals surface area contributed by atoms with Crippen LogP contribution >= 0.6 is 0 Å². The van der Waals surface area contributed by atoms with E-state index in [1.165, 1.54) is 116 Å². The van der Waals surface area contributed by atoms with E-state index in [9.17, 15) is 14.4 Å². The van der Waals surface area contributed by atoms with Crippen LogP contribution in [0.5, 0.6) is 0 Å². The Morgan fingerprint density at radius 1 is 0.304 bits per heavy atom. The number of carbonyl (C=O) groups excluding carboxylic acids is 3. The van der Waals surface area contributed by atoms with Gasteiger partial charge in [0, 0.05) is 19.3 Å². The van der Waals surface area contributed by atoms with Crippen LogP contribution < -0.4 is 0 Å². The van der Waals surface area contributed by atoms with Crippen LogP contribution in [-0.2, 0) is 28.6 Å². The van der Waals surface area contributed by atoms with Crippen molar-refractivity contribution in [3.63, 3.8) is 0 Å². The first-order valence-electron chi connectivity index (χ1n) is 28.8. The molecule has 0 aromatic rings. The second kappa shape index (κ2) is 56.9. The smallest absolute Gasteiger partial charge is 0.306 e. The lowest BCUT2D eigenvalue weighted by molar-refractivity contribution is -0.167. The molecule has 0 spiro atoms. The van der Waals surface area contributed by atoms with Gasteiger partial charge in [-0.05, 0) is 109 Å². The van der Waals surface area contributed by atoms with Crippen molar-refractivity contribution in [2.75, 3.05) is 13.2 Å². The number of carbonyl (C=O) groups is 3. The molecule has 1 unspecified atom stereocenters. The van der Waals surface area contributed by atoms with Crippen LogP contribution in [0, 0.1) is 0 Å². The van der Waals surface area contributed by atoms with Gasteiger partial charge in [-0.2, -0.15) is 0 Å². The van der Waals surface area contributed by atoms with E-state index >= 15 is 0 Å². The third kappa shape index (κ3) is 55.1. The highest BCUT2D eigenvalue weighted by atomic mass is 16.6. The number of ether oxygens (including phenoxy) is 3. The van der Waals surface area contributed by atoms with E-state index in [-0.39, 0.29) is 37.5 Å². The second-order valence-corrected chi connectivity index (χ2v) is 18.9. The van der Waals surface area contributed by atoms with E-state index in [1.807, 2.05) is 0 Å². The van der Waals surface area contributed by atoms with Gasteiger partial charge >= 0.3 is 17.9 Å². The summed E-state index contributed by atoms with van der Waals surface area (Å²) in [7, 11) is 0. The topological polar surface area (TPSA) is 78.9 Å².